The first kappa shape index (κ1) is 17.0. The molecule has 0 unspecified atom stereocenters. The first-order valence-corrected chi connectivity index (χ1v) is 8.13. The van der Waals surface area contributed by atoms with Crippen molar-refractivity contribution in [1.82, 2.24) is 10.3 Å². The van der Waals surface area contributed by atoms with Gasteiger partial charge in [-0.3, -0.25) is 4.79 Å². The quantitative estimate of drug-likeness (QED) is 0.722. The van der Waals surface area contributed by atoms with Gasteiger partial charge in [0, 0.05) is 10.6 Å². The van der Waals surface area contributed by atoms with Gasteiger partial charge in [0.05, 0.1) is 0 Å². The van der Waals surface area contributed by atoms with E-state index in [9.17, 15) is 4.79 Å². The molecule has 0 aliphatic rings. The molecule has 1 aromatic heterocycles. The second-order valence-corrected chi connectivity index (χ2v) is 5.74. The summed E-state index contributed by atoms with van der Waals surface area (Å²) in [6.45, 7) is 1.94. The van der Waals surface area contributed by atoms with Crippen molar-refractivity contribution in [1.29, 1.82) is 0 Å². The summed E-state index contributed by atoms with van der Waals surface area (Å²) in [7, 11) is 0. The lowest BCUT2D eigenvalue weighted by Crippen LogP contribution is -2.20. The van der Waals surface area contributed by atoms with Crippen molar-refractivity contribution in [3.8, 4) is 17.0 Å². The molecule has 0 spiro atoms. The van der Waals surface area contributed by atoms with Crippen molar-refractivity contribution in [3.63, 3.8) is 0 Å². The van der Waals surface area contributed by atoms with Gasteiger partial charge in [0.1, 0.15) is 5.75 Å². The molecule has 0 bridgehead atoms. The molecule has 0 radical (unpaired) electrons. The molecule has 0 saturated heterocycles. The van der Waals surface area contributed by atoms with E-state index in [1.165, 1.54) is 5.56 Å². The minimum Gasteiger partial charge on any atom is -0.484 e. The van der Waals surface area contributed by atoms with Crippen LogP contribution in [0, 0.1) is 0 Å². The number of hydrogen-bond acceptors (Lipinski definition) is 5. The molecule has 0 aliphatic carbocycles. The zero-order chi connectivity index (χ0) is 17.6. The van der Waals surface area contributed by atoms with Crippen LogP contribution in [0.4, 0.5) is 5.82 Å². The van der Waals surface area contributed by atoms with Crippen molar-refractivity contribution in [2.24, 2.45) is 0 Å². The fourth-order valence-corrected chi connectivity index (χ4v) is 2.33. The Kier molecular flexibility index (Phi) is 5.30. The topological polar surface area (TPSA) is 77.2 Å². The highest BCUT2D eigenvalue weighted by Gasteiger charge is 2.15. The standard InChI is InChI=1S/C18H16ClN3O3/c1-2-12-3-9-15(10-4-12)24-11-16(23)20-18-17(21-25-22-18)13-5-7-14(19)8-6-13/h3-10H,2,11H2,1H3,(H,20,22,23). The summed E-state index contributed by atoms with van der Waals surface area (Å²) in [5, 5.41) is 10.8. The number of nitrogens with zero attached hydrogens (tertiary/aromatic N) is 2. The Balaban J connectivity index is 1.61. The van der Waals surface area contributed by atoms with Crippen LogP contribution in [0.25, 0.3) is 11.3 Å². The predicted octanol–water partition coefficient (Wildman–Crippen LogP) is 3.97. The fraction of sp³-hybridized carbons (Fsp3) is 0.167. The zero-order valence-corrected chi connectivity index (χ0v) is 14.3. The van der Waals surface area contributed by atoms with E-state index in [0.717, 1.165) is 12.0 Å². The number of carbonyl (C=O) groups excluding carboxylic acids is 1. The summed E-state index contributed by atoms with van der Waals surface area (Å²) < 4.78 is 10.2. The molecule has 1 heterocycles. The van der Waals surface area contributed by atoms with E-state index in [4.69, 9.17) is 21.0 Å². The lowest BCUT2D eigenvalue weighted by molar-refractivity contribution is -0.118. The van der Waals surface area contributed by atoms with E-state index < -0.39 is 0 Å². The van der Waals surface area contributed by atoms with Crippen molar-refractivity contribution < 1.29 is 14.2 Å². The number of nitrogens with one attached hydrogen (secondary N) is 1. The molecule has 128 valence electrons. The number of benzene rings is 2. The number of amides is 1. The summed E-state index contributed by atoms with van der Waals surface area (Å²) in [5.41, 5.74) is 2.37. The van der Waals surface area contributed by atoms with Gasteiger partial charge in [-0.15, -0.1) is 0 Å². The van der Waals surface area contributed by atoms with E-state index >= 15 is 0 Å². The van der Waals surface area contributed by atoms with Crippen molar-refractivity contribution in [3.05, 3.63) is 59.1 Å². The zero-order valence-electron chi connectivity index (χ0n) is 13.5. The van der Waals surface area contributed by atoms with E-state index in [-0.39, 0.29) is 18.3 Å². The number of halogens is 1. The normalized spacial score (nSPS) is 10.5. The maximum absolute atomic E-state index is 12.1. The monoisotopic (exact) mass is 357 g/mol. The summed E-state index contributed by atoms with van der Waals surface area (Å²) >= 11 is 5.87. The highest BCUT2D eigenvalue weighted by Crippen LogP contribution is 2.25. The highest BCUT2D eigenvalue weighted by molar-refractivity contribution is 6.30. The Morgan fingerprint density at radius 1 is 1.12 bits per heavy atom. The van der Waals surface area contributed by atoms with Gasteiger partial charge in [-0.1, -0.05) is 42.8 Å². The number of anilines is 1. The first-order valence-electron chi connectivity index (χ1n) is 7.76. The third-order valence-electron chi connectivity index (χ3n) is 3.57. The van der Waals surface area contributed by atoms with Gasteiger partial charge in [0.25, 0.3) is 5.91 Å². The maximum Gasteiger partial charge on any atom is 0.263 e. The summed E-state index contributed by atoms with van der Waals surface area (Å²) in [6, 6.07) is 14.6. The third kappa shape index (κ3) is 4.36. The average Bonchev–Trinajstić information content (AvgIpc) is 3.09. The average molecular weight is 358 g/mol. The smallest absolute Gasteiger partial charge is 0.263 e. The van der Waals surface area contributed by atoms with Gasteiger partial charge in [-0.2, -0.15) is 0 Å². The SMILES string of the molecule is CCc1ccc(OCC(=O)Nc2nonc2-c2ccc(Cl)cc2)cc1. The molecule has 0 fully saturated rings. The predicted molar refractivity (Wildman–Crippen MR) is 94.7 cm³/mol. The van der Waals surface area contributed by atoms with Crippen LogP contribution in [-0.4, -0.2) is 22.8 Å². The van der Waals surface area contributed by atoms with E-state index in [2.05, 4.69) is 22.6 Å². The molecule has 3 aromatic rings. The molecule has 1 amide bonds. The molecule has 6 nitrogen and oxygen atoms in total. The summed E-state index contributed by atoms with van der Waals surface area (Å²) in [5.74, 6) is 0.506. The molecule has 25 heavy (non-hydrogen) atoms. The van der Waals surface area contributed by atoms with E-state index in [1.54, 1.807) is 24.3 Å². The number of carbonyl (C=O) groups is 1. The summed E-state index contributed by atoms with van der Waals surface area (Å²) in [4.78, 5) is 12.1. The number of aryl methyl sites for hydroxylation is 1. The van der Waals surface area contributed by atoms with Gasteiger partial charge in [0.15, 0.2) is 12.3 Å². The Bertz CT molecular complexity index is 845. The Morgan fingerprint density at radius 3 is 2.52 bits per heavy atom. The van der Waals surface area contributed by atoms with Crippen LogP contribution in [-0.2, 0) is 11.2 Å². The van der Waals surface area contributed by atoms with Crippen LogP contribution in [0.3, 0.4) is 0 Å². The second-order valence-electron chi connectivity index (χ2n) is 5.30. The summed E-state index contributed by atoms with van der Waals surface area (Å²) in [6.07, 6.45) is 0.952. The molecule has 2 aromatic carbocycles. The van der Waals surface area contributed by atoms with Gasteiger partial charge in [-0.05, 0) is 46.6 Å². The van der Waals surface area contributed by atoms with Gasteiger partial charge < -0.3 is 10.1 Å². The third-order valence-corrected chi connectivity index (χ3v) is 3.82. The molecule has 0 saturated carbocycles. The number of rotatable bonds is 6. The van der Waals surface area contributed by atoms with Crippen molar-refractivity contribution >= 4 is 23.3 Å². The second kappa shape index (κ2) is 7.81. The van der Waals surface area contributed by atoms with Crippen LogP contribution in [0.1, 0.15) is 12.5 Å². The minimum atomic E-state index is -0.356. The van der Waals surface area contributed by atoms with Crippen molar-refractivity contribution in [2.75, 3.05) is 11.9 Å². The van der Waals surface area contributed by atoms with E-state index in [0.29, 0.717) is 16.5 Å². The highest BCUT2D eigenvalue weighted by atomic mass is 35.5. The van der Waals surface area contributed by atoms with Crippen LogP contribution in [0.15, 0.2) is 53.2 Å². The molecule has 0 aliphatic heterocycles. The lowest BCUT2D eigenvalue weighted by atomic mass is 10.1. The van der Waals surface area contributed by atoms with Gasteiger partial charge in [-0.25, -0.2) is 4.63 Å². The maximum atomic E-state index is 12.1. The van der Waals surface area contributed by atoms with Crippen LogP contribution < -0.4 is 10.1 Å². The Labute approximate surface area is 149 Å². The number of hydrogen-bond donors (Lipinski definition) is 1. The van der Waals surface area contributed by atoms with Crippen LogP contribution in [0.2, 0.25) is 5.02 Å². The largest absolute Gasteiger partial charge is 0.484 e. The van der Waals surface area contributed by atoms with Crippen LogP contribution >= 0.6 is 11.6 Å². The minimum absolute atomic E-state index is 0.140. The first-order chi connectivity index (χ1) is 12.2. The van der Waals surface area contributed by atoms with Gasteiger partial charge in [0.2, 0.25) is 5.82 Å². The lowest BCUT2D eigenvalue weighted by Gasteiger charge is -2.07. The fourth-order valence-electron chi connectivity index (χ4n) is 2.21. The molecule has 0 atom stereocenters. The molecule has 3 rings (SSSR count). The number of ether oxygens (including phenoxy) is 1. The van der Waals surface area contributed by atoms with Gasteiger partial charge >= 0.3 is 0 Å². The number of aromatic nitrogens is 2. The Hall–Kier alpha value is -2.86. The van der Waals surface area contributed by atoms with E-state index in [1.807, 2.05) is 24.3 Å². The van der Waals surface area contributed by atoms with Crippen molar-refractivity contribution in [2.45, 2.75) is 13.3 Å². The molecular weight excluding hydrogens is 342 g/mol. The van der Waals surface area contributed by atoms with Crippen LogP contribution in [0.5, 0.6) is 5.75 Å². The molecule has 1 N–H and O–H groups in total. The Morgan fingerprint density at radius 2 is 1.84 bits per heavy atom. The molecule has 7 heteroatoms. The molecular formula is C18H16ClN3O3.